The Balaban J connectivity index is 1.41. The molecule has 5 rings (SSSR count). The van der Waals surface area contributed by atoms with Crippen molar-refractivity contribution in [2.24, 2.45) is 5.92 Å². The average molecular weight is 466 g/mol. The van der Waals surface area contributed by atoms with Crippen LogP contribution in [0.25, 0.3) is 0 Å². The monoisotopic (exact) mass is 465 g/mol. The molecule has 3 heterocycles. The maximum Gasteiger partial charge on any atom is 0.408 e. The predicted molar refractivity (Wildman–Crippen MR) is 131 cm³/mol. The molecule has 0 aromatic heterocycles. The van der Waals surface area contributed by atoms with Crippen molar-refractivity contribution >= 4 is 12.0 Å². The van der Waals surface area contributed by atoms with Gasteiger partial charge in [-0.1, -0.05) is 18.2 Å². The van der Waals surface area contributed by atoms with Crippen LogP contribution < -0.4 is 10.1 Å². The van der Waals surface area contributed by atoms with E-state index in [0.717, 1.165) is 44.5 Å². The van der Waals surface area contributed by atoms with Crippen molar-refractivity contribution in [3.8, 4) is 11.5 Å². The molecule has 1 N–H and O–H groups in total. The number of benzene rings is 2. The Bertz CT molecular complexity index is 1030. The van der Waals surface area contributed by atoms with Crippen molar-refractivity contribution in [2.75, 3.05) is 33.7 Å². The summed E-state index contributed by atoms with van der Waals surface area (Å²) in [5, 5.41) is 3.05. The maximum absolute atomic E-state index is 12.8. The van der Waals surface area contributed by atoms with Gasteiger partial charge in [-0.3, -0.25) is 4.79 Å². The third-order valence-corrected chi connectivity index (χ3v) is 6.84. The Morgan fingerprint density at radius 2 is 1.62 bits per heavy atom. The summed E-state index contributed by atoms with van der Waals surface area (Å²) in [6.45, 7) is 7.12. The van der Waals surface area contributed by atoms with Crippen LogP contribution in [0.15, 0.2) is 48.5 Å². The molecule has 182 valence electrons. The minimum atomic E-state index is -0.647. The minimum Gasteiger partial charge on any atom is -0.457 e. The van der Waals surface area contributed by atoms with Crippen molar-refractivity contribution in [1.82, 2.24) is 15.1 Å². The molecule has 0 radical (unpaired) electrons. The van der Waals surface area contributed by atoms with Gasteiger partial charge in [0.25, 0.3) is 5.91 Å². The zero-order valence-electron chi connectivity index (χ0n) is 20.5. The van der Waals surface area contributed by atoms with Gasteiger partial charge >= 0.3 is 6.09 Å². The molecule has 7 nitrogen and oxygen atoms in total. The average Bonchev–Trinajstić information content (AvgIpc) is 3.11. The van der Waals surface area contributed by atoms with E-state index in [1.54, 1.807) is 32.3 Å². The van der Waals surface area contributed by atoms with Gasteiger partial charge in [0.2, 0.25) is 0 Å². The standard InChI is InChI=1S/C27H35N3O4/c1-27(2,28-26(32)34-24-13-16-30-14-11-19(24)12-15-30)21-8-6-10-23(18-21)33-22-9-5-7-20(17-22)25(31)29(3)4/h5-10,17-19,24H,11-16H2,1-4H3,(H,28,32). The van der Waals surface area contributed by atoms with E-state index in [2.05, 4.69) is 10.2 Å². The van der Waals surface area contributed by atoms with E-state index in [9.17, 15) is 9.59 Å². The number of carbonyl (C=O) groups excluding carboxylic acids is 2. The first-order valence-electron chi connectivity index (χ1n) is 12.0. The van der Waals surface area contributed by atoms with E-state index < -0.39 is 5.54 Å². The van der Waals surface area contributed by atoms with Gasteiger partial charge in [-0.2, -0.15) is 0 Å². The zero-order valence-corrected chi connectivity index (χ0v) is 20.5. The molecule has 2 amide bonds. The van der Waals surface area contributed by atoms with Gasteiger partial charge < -0.3 is 24.6 Å². The van der Waals surface area contributed by atoms with E-state index in [4.69, 9.17) is 9.47 Å². The lowest BCUT2D eigenvalue weighted by molar-refractivity contribution is 0.0514. The molecule has 3 fully saturated rings. The van der Waals surface area contributed by atoms with Crippen LogP contribution >= 0.6 is 0 Å². The molecular weight excluding hydrogens is 430 g/mol. The van der Waals surface area contributed by atoms with Crippen LogP contribution in [0.5, 0.6) is 11.5 Å². The van der Waals surface area contributed by atoms with Gasteiger partial charge in [-0.15, -0.1) is 0 Å². The van der Waals surface area contributed by atoms with Crippen molar-refractivity contribution in [3.63, 3.8) is 0 Å². The smallest absolute Gasteiger partial charge is 0.408 e. The van der Waals surface area contributed by atoms with Crippen LogP contribution in [0.4, 0.5) is 4.79 Å². The number of carbonyl (C=O) groups is 2. The largest absolute Gasteiger partial charge is 0.457 e. The first-order valence-corrected chi connectivity index (χ1v) is 12.0. The highest BCUT2D eigenvalue weighted by atomic mass is 16.6. The third-order valence-electron chi connectivity index (χ3n) is 6.84. The summed E-state index contributed by atoms with van der Waals surface area (Å²) in [7, 11) is 3.44. The first-order chi connectivity index (χ1) is 16.2. The number of ether oxygens (including phenoxy) is 2. The quantitative estimate of drug-likeness (QED) is 0.674. The van der Waals surface area contributed by atoms with Gasteiger partial charge in [0.05, 0.1) is 5.54 Å². The van der Waals surface area contributed by atoms with Gasteiger partial charge in [0.1, 0.15) is 17.6 Å². The van der Waals surface area contributed by atoms with E-state index in [0.29, 0.717) is 23.0 Å². The summed E-state index contributed by atoms with van der Waals surface area (Å²) in [4.78, 5) is 29.1. The number of rotatable bonds is 6. The topological polar surface area (TPSA) is 71.1 Å². The van der Waals surface area contributed by atoms with Crippen LogP contribution in [0.1, 0.15) is 49.0 Å². The molecule has 34 heavy (non-hydrogen) atoms. The zero-order chi connectivity index (χ0) is 24.3. The number of alkyl carbamates (subject to hydrolysis) is 1. The van der Waals surface area contributed by atoms with Gasteiger partial charge in [0.15, 0.2) is 0 Å². The number of hydrogen-bond donors (Lipinski definition) is 1. The van der Waals surface area contributed by atoms with Crippen molar-refractivity contribution in [2.45, 2.75) is 44.8 Å². The molecule has 2 aromatic rings. The molecule has 2 aromatic carbocycles. The predicted octanol–water partition coefficient (Wildman–Crippen LogP) is 4.63. The Morgan fingerprint density at radius 1 is 0.971 bits per heavy atom. The van der Waals surface area contributed by atoms with E-state index in [1.807, 2.05) is 44.2 Å². The summed E-state index contributed by atoms with van der Waals surface area (Å²) >= 11 is 0. The lowest BCUT2D eigenvalue weighted by Gasteiger charge is -2.31. The number of piperidine rings is 1. The normalized spacial score (nSPS) is 21.9. The summed E-state index contributed by atoms with van der Waals surface area (Å²) in [5.41, 5.74) is 0.814. The number of fused-ring (bicyclic) bond motifs is 4. The first kappa shape index (κ1) is 24.1. The SMILES string of the molecule is CN(C)C(=O)c1cccc(Oc2cccc(C(C)(C)NC(=O)OC3CCN4CCC3CC4)c2)c1. The van der Waals surface area contributed by atoms with Gasteiger partial charge in [0, 0.05) is 26.2 Å². The fourth-order valence-electron chi connectivity index (χ4n) is 4.78. The lowest BCUT2D eigenvalue weighted by atomic mass is 9.92. The van der Waals surface area contributed by atoms with Crippen LogP contribution in [-0.2, 0) is 10.3 Å². The second-order valence-electron chi connectivity index (χ2n) is 10.0. The van der Waals surface area contributed by atoms with Crippen molar-refractivity contribution in [1.29, 1.82) is 0 Å². The maximum atomic E-state index is 12.8. The van der Waals surface area contributed by atoms with Crippen molar-refractivity contribution in [3.05, 3.63) is 59.7 Å². The molecule has 7 heteroatoms. The Labute approximate surface area is 202 Å². The van der Waals surface area contributed by atoms with Crippen LogP contribution in [0.2, 0.25) is 0 Å². The number of hydrogen-bond acceptors (Lipinski definition) is 5. The second kappa shape index (κ2) is 10.1. The molecule has 0 spiro atoms. The van der Waals surface area contributed by atoms with E-state index in [1.165, 1.54) is 4.90 Å². The summed E-state index contributed by atoms with van der Waals surface area (Å²) in [6, 6.07) is 14.7. The molecular formula is C27H35N3O4. The highest BCUT2D eigenvalue weighted by molar-refractivity contribution is 5.94. The number of nitrogens with zero attached hydrogens (tertiary/aromatic N) is 2. The number of amides is 2. The molecule has 1 atom stereocenters. The molecule has 2 bridgehead atoms. The summed E-state index contributed by atoms with van der Waals surface area (Å²) in [6.07, 6.45) is 2.70. The van der Waals surface area contributed by atoms with Gasteiger partial charge in [-0.25, -0.2) is 4.79 Å². The highest BCUT2D eigenvalue weighted by Gasteiger charge is 2.34. The van der Waals surface area contributed by atoms with Gasteiger partial charge in [-0.05, 0) is 88.0 Å². The summed E-state index contributed by atoms with van der Waals surface area (Å²) in [5.74, 6) is 1.58. The fourth-order valence-corrected chi connectivity index (χ4v) is 4.78. The molecule has 0 aliphatic carbocycles. The second-order valence-corrected chi connectivity index (χ2v) is 10.0. The molecule has 0 saturated carbocycles. The van der Waals surface area contributed by atoms with E-state index in [-0.39, 0.29) is 18.1 Å². The third kappa shape index (κ3) is 5.70. The summed E-state index contributed by atoms with van der Waals surface area (Å²) < 4.78 is 11.9. The van der Waals surface area contributed by atoms with Crippen molar-refractivity contribution < 1.29 is 19.1 Å². The molecule has 3 aliphatic rings. The van der Waals surface area contributed by atoms with Crippen LogP contribution in [-0.4, -0.2) is 61.6 Å². The fraction of sp³-hybridized carbons (Fsp3) is 0.481. The lowest BCUT2D eigenvalue weighted by Crippen LogP contribution is -2.43. The minimum absolute atomic E-state index is 0.0184. The Morgan fingerprint density at radius 3 is 2.32 bits per heavy atom. The Kier molecular flexibility index (Phi) is 7.12. The molecule has 3 saturated heterocycles. The molecule has 3 aliphatic heterocycles. The number of nitrogens with one attached hydrogen (secondary N) is 1. The van der Waals surface area contributed by atoms with Crippen LogP contribution in [0.3, 0.4) is 0 Å². The van der Waals surface area contributed by atoms with Crippen LogP contribution in [0, 0.1) is 5.92 Å². The van der Waals surface area contributed by atoms with E-state index >= 15 is 0 Å². The Hall–Kier alpha value is -3.06. The highest BCUT2D eigenvalue weighted by Crippen LogP contribution is 2.31. The molecule has 1 unspecified atom stereocenters.